The highest BCUT2D eigenvalue weighted by Gasteiger charge is 2.69. The molecule has 1 heterocycles. The number of nitrogens with one attached hydrogen (secondary N) is 2. The van der Waals surface area contributed by atoms with Crippen molar-refractivity contribution in [3.8, 4) is 5.75 Å². The van der Waals surface area contributed by atoms with Crippen molar-refractivity contribution < 1.29 is 33.0 Å². The fourth-order valence-electron chi connectivity index (χ4n) is 6.72. The van der Waals surface area contributed by atoms with Crippen LogP contribution in [0, 0.1) is 40.7 Å². The van der Waals surface area contributed by atoms with E-state index in [1.165, 1.54) is 33.0 Å². The van der Waals surface area contributed by atoms with E-state index in [-0.39, 0.29) is 42.1 Å². The first-order chi connectivity index (χ1) is 18.4. The zero-order chi connectivity index (χ0) is 27.3. The number of halogens is 2. The molecule has 5 rings (SSSR count). The second kappa shape index (κ2) is 12.2. The summed E-state index contributed by atoms with van der Waals surface area (Å²) in [5.74, 6) is -3.04. The Kier molecular flexibility index (Phi) is 9.02. The fraction of sp³-hybridized carbons (Fsp3) is 0.607. The van der Waals surface area contributed by atoms with Gasteiger partial charge in [0.05, 0.1) is 18.9 Å². The molecule has 38 heavy (non-hydrogen) atoms. The Morgan fingerprint density at radius 2 is 1.61 bits per heavy atom. The monoisotopic (exact) mass is 533 g/mol. The predicted molar refractivity (Wildman–Crippen MR) is 136 cm³/mol. The number of benzene rings is 1. The van der Waals surface area contributed by atoms with E-state index in [1.807, 2.05) is 0 Å². The summed E-state index contributed by atoms with van der Waals surface area (Å²) in [6.45, 7) is 3.80. The van der Waals surface area contributed by atoms with E-state index >= 15 is 0 Å². The number of carboxylic acid groups (broad SMARTS) is 1. The Balaban J connectivity index is 0.00000107. The third kappa shape index (κ3) is 5.70. The molecular formula is C28H37F2N3O5. The van der Waals surface area contributed by atoms with E-state index in [1.54, 1.807) is 0 Å². The molecule has 2 saturated carbocycles. The van der Waals surface area contributed by atoms with Crippen LogP contribution in [0.15, 0.2) is 24.3 Å². The van der Waals surface area contributed by atoms with E-state index in [9.17, 15) is 18.4 Å². The normalized spacial score (nSPS) is 26.1. The Hall–Kier alpha value is -3.01. The minimum atomic E-state index is -0.807. The van der Waals surface area contributed by atoms with Crippen LogP contribution in [0.25, 0.3) is 0 Å². The van der Waals surface area contributed by atoms with Gasteiger partial charge in [-0.15, -0.1) is 0 Å². The lowest BCUT2D eigenvalue weighted by Crippen LogP contribution is -2.44. The second-order valence-corrected chi connectivity index (χ2v) is 10.7. The van der Waals surface area contributed by atoms with E-state index in [2.05, 4.69) is 27.7 Å². The third-order valence-corrected chi connectivity index (χ3v) is 8.57. The van der Waals surface area contributed by atoms with Crippen molar-refractivity contribution in [1.29, 1.82) is 0 Å². The summed E-state index contributed by atoms with van der Waals surface area (Å²) >= 11 is 0. The molecule has 3 N–H and O–H groups in total. The molecule has 3 fully saturated rings. The number of rotatable bonds is 10. The van der Waals surface area contributed by atoms with Gasteiger partial charge >= 0.3 is 0 Å². The number of allylic oxidation sites excluding steroid dienone is 2. The lowest BCUT2D eigenvalue weighted by Gasteiger charge is -2.26. The number of carbonyl (C=O) groups is 3. The summed E-state index contributed by atoms with van der Waals surface area (Å²) in [4.78, 5) is 37.4. The molecular weight excluding hydrogens is 496 g/mol. The first-order valence-electron chi connectivity index (χ1n) is 13.4. The van der Waals surface area contributed by atoms with E-state index < -0.39 is 29.2 Å². The average Bonchev–Trinajstić information content (AvgIpc) is 3.24. The molecule has 4 aliphatic rings. The molecule has 2 amide bonds. The number of nitrogens with zero attached hydrogens (tertiary/aromatic N) is 1. The van der Waals surface area contributed by atoms with Crippen LogP contribution in [0.5, 0.6) is 5.75 Å². The fourth-order valence-corrected chi connectivity index (χ4v) is 6.72. The maximum Gasteiger partial charge on any atom is 0.290 e. The number of carbonyl (C=O) groups excluding carboxylic acids is 2. The summed E-state index contributed by atoms with van der Waals surface area (Å²) in [6, 6.07) is 2.33. The highest BCUT2D eigenvalue weighted by Crippen LogP contribution is 2.72. The molecule has 1 saturated heterocycles. The van der Waals surface area contributed by atoms with E-state index in [0.717, 1.165) is 44.4 Å². The van der Waals surface area contributed by atoms with Gasteiger partial charge in [-0.3, -0.25) is 14.4 Å². The first-order valence-corrected chi connectivity index (χ1v) is 13.4. The van der Waals surface area contributed by atoms with E-state index in [0.29, 0.717) is 12.1 Å². The summed E-state index contributed by atoms with van der Waals surface area (Å²) in [5.41, 5.74) is 0.353. The maximum absolute atomic E-state index is 14.1. The molecule has 1 spiro atoms. The summed E-state index contributed by atoms with van der Waals surface area (Å²) < 4.78 is 32.8. The number of methoxy groups -OCH3 is 1. The first kappa shape index (κ1) is 28.0. The molecule has 0 unspecified atom stereocenters. The summed E-state index contributed by atoms with van der Waals surface area (Å²) in [6.07, 6.45) is 10.8. The lowest BCUT2D eigenvalue weighted by molar-refractivity contribution is -0.135. The van der Waals surface area contributed by atoms with Gasteiger partial charge in [-0.25, -0.2) is 8.78 Å². The van der Waals surface area contributed by atoms with Crippen molar-refractivity contribution in [3.05, 3.63) is 41.5 Å². The molecule has 3 aliphatic carbocycles. The summed E-state index contributed by atoms with van der Waals surface area (Å²) in [5, 5.41) is 12.8. The van der Waals surface area contributed by atoms with Gasteiger partial charge in [0.25, 0.3) is 6.47 Å². The molecule has 1 aromatic carbocycles. The second-order valence-electron chi connectivity index (χ2n) is 10.7. The van der Waals surface area contributed by atoms with Gasteiger partial charge < -0.3 is 25.4 Å². The van der Waals surface area contributed by atoms with Crippen molar-refractivity contribution in [1.82, 2.24) is 15.5 Å². The van der Waals surface area contributed by atoms with Gasteiger partial charge in [0, 0.05) is 13.1 Å². The molecule has 1 aromatic rings. The van der Waals surface area contributed by atoms with Gasteiger partial charge in [-0.05, 0) is 93.1 Å². The van der Waals surface area contributed by atoms with Crippen molar-refractivity contribution in [2.75, 3.05) is 33.3 Å². The zero-order valence-corrected chi connectivity index (χ0v) is 21.8. The third-order valence-electron chi connectivity index (χ3n) is 8.57. The minimum Gasteiger partial charge on any atom is -0.491 e. The smallest absolute Gasteiger partial charge is 0.290 e. The quantitative estimate of drug-likeness (QED) is 0.242. The van der Waals surface area contributed by atoms with Gasteiger partial charge in [-0.1, -0.05) is 12.2 Å². The SMILES string of the molecule is COc1c(F)cc(CNC(=O)[C@H]2[C@H](C(=O)NCCCCN3CCCC3)[C@H]3C=C[C@@H]2C32CC2)cc1F.O=CO. The Bertz CT molecular complexity index is 1030. The minimum absolute atomic E-state index is 0.00783. The highest BCUT2D eigenvalue weighted by atomic mass is 19.1. The number of hydrogen-bond acceptors (Lipinski definition) is 5. The number of likely N-dealkylation sites (tertiary alicyclic amines) is 1. The molecule has 208 valence electrons. The molecule has 0 radical (unpaired) electrons. The van der Waals surface area contributed by atoms with Crippen molar-refractivity contribution >= 4 is 18.3 Å². The standard InChI is InChI=1S/C27H35F2N3O3.CH2O2/c1-35-24-20(28)14-17(15-21(24)29)16-31-26(34)23-19-7-6-18(27(19)8-9-27)22(23)25(33)30-10-2-3-11-32-12-4-5-13-32;2-1-3/h6-7,14-15,18-19,22-23H,2-5,8-13,16H2,1H3,(H,30,33)(H,31,34);1H,(H,2,3)/t18-,19+,22-,23-;/m1./s1. The zero-order valence-electron chi connectivity index (χ0n) is 21.8. The number of ether oxygens (including phenoxy) is 1. The predicted octanol–water partition coefficient (Wildman–Crippen LogP) is 3.11. The van der Waals surface area contributed by atoms with Crippen LogP contribution >= 0.6 is 0 Å². The molecule has 10 heteroatoms. The maximum atomic E-state index is 14.1. The van der Waals surface area contributed by atoms with Crippen LogP contribution in [-0.2, 0) is 20.9 Å². The number of hydrogen-bond donors (Lipinski definition) is 3. The van der Waals surface area contributed by atoms with Crippen LogP contribution in [0.3, 0.4) is 0 Å². The average molecular weight is 534 g/mol. The Morgan fingerprint density at radius 3 is 2.13 bits per heavy atom. The molecule has 4 atom stereocenters. The van der Waals surface area contributed by atoms with Crippen LogP contribution in [0.2, 0.25) is 0 Å². The topological polar surface area (TPSA) is 108 Å². The molecule has 0 aromatic heterocycles. The molecule has 2 bridgehead atoms. The van der Waals surface area contributed by atoms with Crippen molar-refractivity contribution in [2.24, 2.45) is 29.1 Å². The van der Waals surface area contributed by atoms with Crippen molar-refractivity contribution in [2.45, 2.75) is 45.1 Å². The lowest BCUT2D eigenvalue weighted by atomic mass is 9.81. The van der Waals surface area contributed by atoms with Gasteiger partial charge in [0.2, 0.25) is 11.8 Å². The van der Waals surface area contributed by atoms with Crippen LogP contribution < -0.4 is 15.4 Å². The summed E-state index contributed by atoms with van der Waals surface area (Å²) in [7, 11) is 1.21. The highest BCUT2D eigenvalue weighted by molar-refractivity contribution is 5.90. The van der Waals surface area contributed by atoms with Crippen molar-refractivity contribution in [3.63, 3.8) is 0 Å². The number of amides is 2. The van der Waals surface area contributed by atoms with Crippen LogP contribution in [0.1, 0.15) is 44.1 Å². The van der Waals surface area contributed by atoms with Crippen LogP contribution in [-0.4, -0.2) is 61.6 Å². The molecule has 1 aliphatic heterocycles. The van der Waals surface area contributed by atoms with Gasteiger partial charge in [-0.2, -0.15) is 0 Å². The van der Waals surface area contributed by atoms with Crippen LogP contribution in [0.4, 0.5) is 8.78 Å². The molecule has 8 nitrogen and oxygen atoms in total. The Labute approximate surface area is 221 Å². The van der Waals surface area contributed by atoms with E-state index in [4.69, 9.17) is 14.6 Å². The van der Waals surface area contributed by atoms with Gasteiger partial charge in [0.1, 0.15) is 0 Å². The largest absolute Gasteiger partial charge is 0.491 e. The van der Waals surface area contributed by atoms with Gasteiger partial charge in [0.15, 0.2) is 17.4 Å². The Morgan fingerprint density at radius 1 is 1.05 bits per heavy atom. The number of unbranched alkanes of at least 4 members (excludes halogenated alkanes) is 1.